The number of nitrogen functional groups attached to an aromatic ring is 1. The van der Waals surface area contributed by atoms with E-state index in [2.05, 4.69) is 28.4 Å². The van der Waals surface area contributed by atoms with E-state index in [1.54, 1.807) is 10.5 Å². The van der Waals surface area contributed by atoms with E-state index in [1.165, 1.54) is 0 Å². The molecule has 0 aromatic carbocycles. The van der Waals surface area contributed by atoms with Crippen LogP contribution in [0.25, 0.3) is 22.1 Å². The molecule has 1 saturated heterocycles. The van der Waals surface area contributed by atoms with Gasteiger partial charge < -0.3 is 10.3 Å². The van der Waals surface area contributed by atoms with Gasteiger partial charge in [-0.2, -0.15) is 4.31 Å². The van der Waals surface area contributed by atoms with Gasteiger partial charge in [-0.05, 0) is 24.5 Å². The Hall–Kier alpha value is -1.94. The van der Waals surface area contributed by atoms with Gasteiger partial charge in [0.15, 0.2) is 5.82 Å². The fraction of sp³-hybridized carbons (Fsp3) is 0.471. The smallest absolute Gasteiger partial charge is 0.152 e. The second-order valence-corrected chi connectivity index (χ2v) is 9.34. The third-order valence-electron chi connectivity index (χ3n) is 4.65. The number of hydrogen-bond acceptors (Lipinski definition) is 7. The zero-order valence-corrected chi connectivity index (χ0v) is 15.8. The van der Waals surface area contributed by atoms with Crippen molar-refractivity contribution in [3.05, 3.63) is 24.2 Å². The highest BCUT2D eigenvalue weighted by Gasteiger charge is 2.31. The van der Waals surface area contributed by atoms with E-state index in [0.717, 1.165) is 35.3 Å². The van der Waals surface area contributed by atoms with Crippen molar-refractivity contribution in [1.29, 1.82) is 0 Å². The van der Waals surface area contributed by atoms with E-state index >= 15 is 0 Å². The lowest BCUT2D eigenvalue weighted by atomic mass is 10.2. The van der Waals surface area contributed by atoms with Crippen LogP contribution in [0.15, 0.2) is 18.3 Å². The summed E-state index contributed by atoms with van der Waals surface area (Å²) in [4.78, 5) is 13.7. The first kappa shape index (κ1) is 17.5. The number of imidazole rings is 1. The molecular formula is C17H24N6O2S. The Morgan fingerprint density at radius 2 is 2.08 bits per heavy atom. The van der Waals surface area contributed by atoms with Crippen molar-refractivity contribution in [3.63, 3.8) is 0 Å². The first-order valence-corrected chi connectivity index (χ1v) is 10.4. The van der Waals surface area contributed by atoms with Crippen molar-refractivity contribution < 1.29 is 9.11 Å². The van der Waals surface area contributed by atoms with Gasteiger partial charge in [-0.1, -0.05) is 13.8 Å². The molecule has 0 bridgehead atoms. The predicted octanol–water partition coefficient (Wildman–Crippen LogP) is 3.09. The minimum absolute atomic E-state index is 0.372. The maximum absolute atomic E-state index is 10.3. The third-order valence-corrected chi connectivity index (χ3v) is 6.62. The Bertz CT molecular complexity index is 971. The Labute approximate surface area is 153 Å². The van der Waals surface area contributed by atoms with E-state index < -0.39 is 10.8 Å². The molecule has 0 amide bonds. The van der Waals surface area contributed by atoms with Crippen molar-refractivity contribution in [2.45, 2.75) is 33.4 Å². The monoisotopic (exact) mass is 376 g/mol. The van der Waals surface area contributed by atoms with E-state index in [-0.39, 0.29) is 0 Å². The summed E-state index contributed by atoms with van der Waals surface area (Å²) in [5.41, 5.74) is 9.17. The Balaban J connectivity index is 1.92. The highest BCUT2D eigenvalue weighted by Crippen LogP contribution is 2.49. The molecule has 1 fully saturated rings. The number of pyridine rings is 2. The molecule has 1 aliphatic heterocycles. The summed E-state index contributed by atoms with van der Waals surface area (Å²) in [5.74, 6) is 1.95. The maximum atomic E-state index is 10.3. The van der Waals surface area contributed by atoms with Gasteiger partial charge in [-0.3, -0.25) is 14.1 Å². The maximum Gasteiger partial charge on any atom is 0.152 e. The molecule has 4 heterocycles. The molecule has 140 valence electrons. The SMILES string of the molecule is CC(C)Cn1c(CN2CCCS2(O)O)nc2c(N)nc3cccnc3c21. The molecule has 0 spiro atoms. The normalized spacial score (nSPS) is 19.0. The zero-order chi connectivity index (χ0) is 18.5. The van der Waals surface area contributed by atoms with Gasteiger partial charge in [-0.25, -0.2) is 9.97 Å². The van der Waals surface area contributed by atoms with Crippen LogP contribution in [0.2, 0.25) is 0 Å². The summed E-state index contributed by atoms with van der Waals surface area (Å²) >= 11 is 0. The van der Waals surface area contributed by atoms with Crippen molar-refractivity contribution in [2.75, 3.05) is 18.0 Å². The van der Waals surface area contributed by atoms with Gasteiger partial charge in [0.05, 0.1) is 17.8 Å². The molecule has 8 nitrogen and oxygen atoms in total. The molecule has 0 atom stereocenters. The molecule has 9 heteroatoms. The number of hydrogen-bond donors (Lipinski definition) is 3. The summed E-state index contributed by atoms with van der Waals surface area (Å²) in [5, 5.41) is 0. The van der Waals surface area contributed by atoms with Crippen molar-refractivity contribution >= 4 is 38.7 Å². The molecule has 3 aromatic heterocycles. The summed E-state index contributed by atoms with van der Waals surface area (Å²) < 4.78 is 24.4. The van der Waals surface area contributed by atoms with Crippen LogP contribution < -0.4 is 5.73 Å². The van der Waals surface area contributed by atoms with Gasteiger partial charge in [-0.15, -0.1) is 10.8 Å². The van der Waals surface area contributed by atoms with Crippen LogP contribution in [-0.2, 0) is 13.1 Å². The molecule has 0 saturated carbocycles. The molecule has 0 radical (unpaired) electrons. The van der Waals surface area contributed by atoms with Crippen LogP contribution in [0.3, 0.4) is 0 Å². The number of nitrogens with two attached hydrogens (primary N) is 1. The van der Waals surface area contributed by atoms with Crippen LogP contribution in [-0.4, -0.2) is 45.2 Å². The van der Waals surface area contributed by atoms with Crippen LogP contribution in [0.1, 0.15) is 26.1 Å². The lowest BCUT2D eigenvalue weighted by molar-refractivity contribution is 0.360. The number of aromatic nitrogens is 4. The average Bonchev–Trinajstić information content (AvgIpc) is 3.09. The molecule has 4 rings (SSSR count). The second kappa shape index (κ2) is 6.34. The van der Waals surface area contributed by atoms with E-state index in [4.69, 9.17) is 10.7 Å². The van der Waals surface area contributed by atoms with Gasteiger partial charge in [0.2, 0.25) is 0 Å². The first-order valence-electron chi connectivity index (χ1n) is 8.77. The topological polar surface area (TPSA) is 113 Å². The summed E-state index contributed by atoms with van der Waals surface area (Å²) in [6.07, 6.45) is 2.52. The quantitative estimate of drug-likeness (QED) is 0.641. The first-order chi connectivity index (χ1) is 12.4. The molecular weight excluding hydrogens is 352 g/mol. The Morgan fingerprint density at radius 1 is 1.27 bits per heavy atom. The Kier molecular flexibility index (Phi) is 4.26. The van der Waals surface area contributed by atoms with Crippen LogP contribution in [0.4, 0.5) is 5.82 Å². The summed E-state index contributed by atoms with van der Waals surface area (Å²) in [6.45, 7) is 6.05. The lowest BCUT2D eigenvalue weighted by Gasteiger charge is -2.36. The fourth-order valence-electron chi connectivity index (χ4n) is 3.50. The van der Waals surface area contributed by atoms with E-state index in [9.17, 15) is 9.11 Å². The molecule has 26 heavy (non-hydrogen) atoms. The third kappa shape index (κ3) is 2.90. The largest absolute Gasteiger partial charge is 0.382 e. The van der Waals surface area contributed by atoms with Crippen molar-refractivity contribution in [1.82, 2.24) is 23.8 Å². The number of anilines is 1. The van der Waals surface area contributed by atoms with Gasteiger partial charge in [0.25, 0.3) is 0 Å². The van der Waals surface area contributed by atoms with Gasteiger partial charge in [0.1, 0.15) is 22.4 Å². The minimum atomic E-state index is -2.70. The number of fused-ring (bicyclic) bond motifs is 3. The van der Waals surface area contributed by atoms with Crippen LogP contribution >= 0.6 is 10.8 Å². The predicted molar refractivity (Wildman–Crippen MR) is 105 cm³/mol. The molecule has 3 aromatic rings. The fourth-order valence-corrected chi connectivity index (χ4v) is 5.02. The second-order valence-electron chi connectivity index (χ2n) is 7.15. The van der Waals surface area contributed by atoms with Crippen LogP contribution in [0, 0.1) is 5.92 Å². The lowest BCUT2D eigenvalue weighted by Crippen LogP contribution is -2.24. The van der Waals surface area contributed by atoms with Gasteiger partial charge >= 0.3 is 0 Å². The van der Waals surface area contributed by atoms with Gasteiger partial charge in [0, 0.05) is 19.3 Å². The highest BCUT2D eigenvalue weighted by molar-refractivity contribution is 8.22. The standard InChI is InChI=1S/C17H24N6O2S/c1-11(2)9-23-13(10-22-7-4-8-26(22,24)25)21-15-16(23)14-12(20-17(15)18)5-3-6-19-14/h3,5-6,11,24-25H,4,7-10H2,1-2H3,(H2,18,20). The van der Waals surface area contributed by atoms with Crippen molar-refractivity contribution in [2.24, 2.45) is 5.92 Å². The number of rotatable bonds is 4. The summed E-state index contributed by atoms with van der Waals surface area (Å²) in [6, 6.07) is 3.73. The van der Waals surface area contributed by atoms with E-state index in [0.29, 0.717) is 36.1 Å². The number of nitrogens with zero attached hydrogens (tertiary/aromatic N) is 5. The summed E-state index contributed by atoms with van der Waals surface area (Å²) in [7, 11) is -2.70. The van der Waals surface area contributed by atoms with E-state index in [1.807, 2.05) is 12.1 Å². The average molecular weight is 376 g/mol. The Morgan fingerprint density at radius 3 is 2.77 bits per heavy atom. The van der Waals surface area contributed by atoms with Crippen molar-refractivity contribution in [3.8, 4) is 0 Å². The highest BCUT2D eigenvalue weighted by atomic mass is 32.3. The minimum Gasteiger partial charge on any atom is -0.382 e. The molecule has 0 aliphatic carbocycles. The van der Waals surface area contributed by atoms with Crippen LogP contribution in [0.5, 0.6) is 0 Å². The molecule has 1 aliphatic rings. The zero-order valence-electron chi connectivity index (χ0n) is 15.0. The molecule has 4 N–H and O–H groups in total. The molecule has 0 unspecified atom stereocenters.